The largest absolute Gasteiger partial charge is 0.307 e. The Labute approximate surface area is 180 Å². The van der Waals surface area contributed by atoms with E-state index < -0.39 is 16.1 Å². The predicted octanol–water partition coefficient (Wildman–Crippen LogP) is 3.81. The molecular weight excluding hydrogens is 424 g/mol. The van der Waals surface area contributed by atoms with Crippen LogP contribution in [-0.2, 0) is 10.0 Å². The molecule has 8 nitrogen and oxygen atoms in total. The Balaban J connectivity index is 1.63. The fraction of sp³-hybridized carbons (Fsp3) is 0.300. The van der Waals surface area contributed by atoms with Gasteiger partial charge >= 0.3 is 0 Å². The van der Waals surface area contributed by atoms with Gasteiger partial charge in [-0.3, -0.25) is 4.98 Å². The summed E-state index contributed by atoms with van der Waals surface area (Å²) in [6.07, 6.45) is 4.54. The number of aryl methyl sites for hydroxylation is 2. The van der Waals surface area contributed by atoms with Gasteiger partial charge in [0.15, 0.2) is 5.82 Å². The van der Waals surface area contributed by atoms with Crippen molar-refractivity contribution in [3.63, 3.8) is 0 Å². The van der Waals surface area contributed by atoms with Crippen LogP contribution in [0.2, 0.25) is 5.02 Å². The standard InChI is InChI=1S/C20H21ClN6O2S/c1-13-10-14(2)24-20(23-13)26-19-12-22-11-16(25-19)17-7-5-9-27(17)30(28,29)18-8-4-3-6-15(18)21/h3-4,6,8,10-12,17H,5,7,9H2,1-2H3,(H,23,24,25,26)/t17-/m0/s1. The molecule has 1 atom stereocenters. The van der Waals surface area contributed by atoms with Gasteiger partial charge in [-0.25, -0.2) is 23.4 Å². The van der Waals surface area contributed by atoms with Crippen molar-refractivity contribution in [1.82, 2.24) is 24.2 Å². The second kappa shape index (κ2) is 8.25. The molecule has 1 aliphatic rings. The first-order chi connectivity index (χ1) is 14.3. The van der Waals surface area contributed by atoms with Gasteiger partial charge in [0, 0.05) is 17.9 Å². The molecule has 2 aromatic heterocycles. The van der Waals surface area contributed by atoms with Crippen LogP contribution in [0.15, 0.2) is 47.6 Å². The number of aromatic nitrogens is 4. The van der Waals surface area contributed by atoms with Gasteiger partial charge < -0.3 is 5.32 Å². The zero-order valence-corrected chi connectivity index (χ0v) is 18.2. The van der Waals surface area contributed by atoms with E-state index in [4.69, 9.17) is 11.6 Å². The fourth-order valence-corrected chi connectivity index (χ4v) is 5.77. The highest BCUT2D eigenvalue weighted by atomic mass is 35.5. The maximum absolute atomic E-state index is 13.2. The van der Waals surface area contributed by atoms with Crippen molar-refractivity contribution < 1.29 is 8.42 Å². The molecule has 0 aliphatic carbocycles. The van der Waals surface area contributed by atoms with E-state index in [0.717, 1.165) is 17.8 Å². The SMILES string of the molecule is Cc1cc(C)nc(Nc2cncc([C@@H]3CCCN3S(=O)(=O)c3ccccc3Cl)n2)n1. The van der Waals surface area contributed by atoms with Crippen molar-refractivity contribution in [2.75, 3.05) is 11.9 Å². The van der Waals surface area contributed by atoms with Crippen LogP contribution in [0, 0.1) is 13.8 Å². The van der Waals surface area contributed by atoms with Crippen LogP contribution in [0.5, 0.6) is 0 Å². The summed E-state index contributed by atoms with van der Waals surface area (Å²) < 4.78 is 27.9. The van der Waals surface area contributed by atoms with Crippen molar-refractivity contribution >= 4 is 33.4 Å². The third kappa shape index (κ3) is 4.14. The van der Waals surface area contributed by atoms with E-state index in [1.165, 1.54) is 10.4 Å². The highest BCUT2D eigenvalue weighted by Gasteiger charge is 2.38. The number of nitrogens with zero attached hydrogens (tertiary/aromatic N) is 5. The monoisotopic (exact) mass is 444 g/mol. The molecule has 1 N–H and O–H groups in total. The molecule has 1 aromatic carbocycles. The summed E-state index contributed by atoms with van der Waals surface area (Å²) in [5, 5.41) is 3.26. The summed E-state index contributed by atoms with van der Waals surface area (Å²) in [4.78, 5) is 17.6. The molecular formula is C20H21ClN6O2S. The Bertz CT molecular complexity index is 1170. The molecule has 0 amide bonds. The van der Waals surface area contributed by atoms with Gasteiger partial charge in [-0.05, 0) is 44.9 Å². The first-order valence-electron chi connectivity index (χ1n) is 9.52. The number of halogens is 1. The summed E-state index contributed by atoms with van der Waals surface area (Å²) in [7, 11) is -3.76. The highest BCUT2D eigenvalue weighted by Crippen LogP contribution is 2.37. The van der Waals surface area contributed by atoms with Crippen molar-refractivity contribution in [3.8, 4) is 0 Å². The van der Waals surface area contributed by atoms with Crippen molar-refractivity contribution in [1.29, 1.82) is 0 Å². The molecule has 1 fully saturated rings. The van der Waals surface area contributed by atoms with Crippen molar-refractivity contribution in [2.45, 2.75) is 37.6 Å². The summed E-state index contributed by atoms with van der Waals surface area (Å²) >= 11 is 6.16. The summed E-state index contributed by atoms with van der Waals surface area (Å²) in [5.74, 6) is 0.880. The molecule has 1 saturated heterocycles. The fourth-order valence-electron chi connectivity index (χ4n) is 3.60. The van der Waals surface area contributed by atoms with Gasteiger partial charge in [0.05, 0.1) is 29.2 Å². The zero-order chi connectivity index (χ0) is 21.3. The third-order valence-corrected chi connectivity index (χ3v) is 7.25. The molecule has 0 spiro atoms. The molecule has 10 heteroatoms. The van der Waals surface area contributed by atoms with Crippen LogP contribution in [0.4, 0.5) is 11.8 Å². The zero-order valence-electron chi connectivity index (χ0n) is 16.6. The van der Waals surface area contributed by atoms with E-state index in [-0.39, 0.29) is 9.92 Å². The third-order valence-electron chi connectivity index (χ3n) is 4.84. The van der Waals surface area contributed by atoms with E-state index in [2.05, 4.69) is 25.3 Å². The van der Waals surface area contributed by atoms with Crippen LogP contribution >= 0.6 is 11.6 Å². The average Bonchev–Trinajstić information content (AvgIpc) is 3.18. The van der Waals surface area contributed by atoms with E-state index in [1.54, 1.807) is 30.6 Å². The lowest BCUT2D eigenvalue weighted by Gasteiger charge is -2.24. The van der Waals surface area contributed by atoms with Crippen molar-refractivity contribution in [3.05, 3.63) is 64.8 Å². The quantitative estimate of drug-likeness (QED) is 0.638. The summed E-state index contributed by atoms with van der Waals surface area (Å²) in [6, 6.07) is 7.93. The van der Waals surface area contributed by atoms with Gasteiger partial charge in [-0.15, -0.1) is 0 Å². The van der Waals surface area contributed by atoms with Gasteiger partial charge in [0.2, 0.25) is 16.0 Å². The molecule has 156 valence electrons. The van der Waals surface area contributed by atoms with Gasteiger partial charge in [0.25, 0.3) is 0 Å². The maximum Gasteiger partial charge on any atom is 0.245 e. The second-order valence-electron chi connectivity index (χ2n) is 7.13. The molecule has 3 aromatic rings. The molecule has 1 aliphatic heterocycles. The topological polar surface area (TPSA) is 101 Å². The Hall–Kier alpha value is -2.62. The number of sulfonamides is 1. The number of hydrogen-bond acceptors (Lipinski definition) is 7. The lowest BCUT2D eigenvalue weighted by molar-refractivity contribution is 0.390. The lowest BCUT2D eigenvalue weighted by Crippen LogP contribution is -2.31. The number of anilines is 2. The molecule has 3 heterocycles. The smallest absolute Gasteiger partial charge is 0.245 e. The van der Waals surface area contributed by atoms with E-state index in [0.29, 0.717) is 30.4 Å². The van der Waals surface area contributed by atoms with Crippen LogP contribution in [0.3, 0.4) is 0 Å². The lowest BCUT2D eigenvalue weighted by atomic mass is 10.2. The van der Waals surface area contributed by atoms with Crippen molar-refractivity contribution in [2.24, 2.45) is 0 Å². The molecule has 30 heavy (non-hydrogen) atoms. The molecule has 0 radical (unpaired) electrons. The second-order valence-corrected chi connectivity index (χ2v) is 9.40. The molecule has 0 bridgehead atoms. The van der Waals surface area contributed by atoms with E-state index in [1.807, 2.05) is 19.9 Å². The van der Waals surface area contributed by atoms with Gasteiger partial charge in [0.1, 0.15) is 4.90 Å². The summed E-state index contributed by atoms with van der Waals surface area (Å²) in [5.41, 5.74) is 2.24. The Morgan fingerprint density at radius 3 is 2.57 bits per heavy atom. The normalized spacial score (nSPS) is 17.2. The minimum atomic E-state index is -3.76. The van der Waals surface area contributed by atoms with Crippen LogP contribution < -0.4 is 5.32 Å². The number of rotatable bonds is 5. The van der Waals surface area contributed by atoms with E-state index >= 15 is 0 Å². The Kier molecular flexibility index (Phi) is 5.68. The Morgan fingerprint density at radius 1 is 1.10 bits per heavy atom. The first kappa shape index (κ1) is 20.6. The number of benzene rings is 1. The van der Waals surface area contributed by atoms with Crippen LogP contribution in [0.1, 0.15) is 36.0 Å². The minimum Gasteiger partial charge on any atom is -0.307 e. The van der Waals surface area contributed by atoms with Crippen LogP contribution in [-0.4, -0.2) is 39.2 Å². The van der Waals surface area contributed by atoms with Gasteiger partial charge in [-0.2, -0.15) is 4.31 Å². The molecule has 4 rings (SSSR count). The molecule has 0 saturated carbocycles. The first-order valence-corrected chi connectivity index (χ1v) is 11.3. The summed E-state index contributed by atoms with van der Waals surface area (Å²) in [6.45, 7) is 4.17. The number of nitrogens with one attached hydrogen (secondary N) is 1. The van der Waals surface area contributed by atoms with Gasteiger partial charge in [-0.1, -0.05) is 23.7 Å². The predicted molar refractivity (Wildman–Crippen MR) is 114 cm³/mol. The minimum absolute atomic E-state index is 0.101. The average molecular weight is 445 g/mol. The van der Waals surface area contributed by atoms with Crippen LogP contribution in [0.25, 0.3) is 0 Å². The highest BCUT2D eigenvalue weighted by molar-refractivity contribution is 7.89. The Morgan fingerprint density at radius 2 is 1.83 bits per heavy atom. The maximum atomic E-state index is 13.2. The molecule has 0 unspecified atom stereocenters. The number of hydrogen-bond donors (Lipinski definition) is 1. The van der Waals surface area contributed by atoms with E-state index in [9.17, 15) is 8.42 Å².